The molecule has 134 valence electrons. The number of aromatic amines is 1. The zero-order valence-corrected chi connectivity index (χ0v) is 14.8. The Kier molecular flexibility index (Phi) is 5.69. The van der Waals surface area contributed by atoms with Crippen LogP contribution in [0.2, 0.25) is 0 Å². The number of hydrogen-bond donors (Lipinski definition) is 3. The molecule has 26 heavy (non-hydrogen) atoms. The van der Waals surface area contributed by atoms with Gasteiger partial charge in [0.25, 0.3) is 0 Å². The Morgan fingerprint density at radius 2 is 1.73 bits per heavy atom. The van der Waals surface area contributed by atoms with E-state index in [4.69, 9.17) is 0 Å². The van der Waals surface area contributed by atoms with E-state index in [9.17, 15) is 9.59 Å². The molecule has 0 saturated heterocycles. The highest BCUT2D eigenvalue weighted by atomic mass is 16.2. The molecule has 3 N–H and O–H groups in total. The number of nitrogens with one attached hydrogen (secondary N) is 3. The number of aryl methyl sites for hydroxylation is 1. The molecule has 0 aliphatic rings. The van der Waals surface area contributed by atoms with Gasteiger partial charge in [-0.15, -0.1) is 0 Å². The number of para-hydroxylation sites is 2. The Morgan fingerprint density at radius 3 is 2.58 bits per heavy atom. The van der Waals surface area contributed by atoms with Crippen molar-refractivity contribution in [2.75, 3.05) is 11.9 Å². The summed E-state index contributed by atoms with van der Waals surface area (Å²) < 4.78 is 0. The van der Waals surface area contributed by atoms with E-state index in [-0.39, 0.29) is 18.2 Å². The number of fused-ring (bicyclic) bond motifs is 1. The fraction of sp³-hybridized carbons (Fsp3) is 0.238. The molecule has 0 atom stereocenters. The lowest BCUT2D eigenvalue weighted by Crippen LogP contribution is -2.29. The molecule has 0 unspecified atom stereocenters. The molecule has 2 aromatic carbocycles. The summed E-state index contributed by atoms with van der Waals surface area (Å²) >= 11 is 0. The molecule has 0 spiro atoms. The first kappa shape index (κ1) is 17.7. The van der Waals surface area contributed by atoms with Gasteiger partial charge < -0.3 is 15.6 Å². The van der Waals surface area contributed by atoms with E-state index in [1.54, 1.807) is 0 Å². The molecule has 0 aliphatic heterocycles. The molecule has 0 fully saturated rings. The van der Waals surface area contributed by atoms with Gasteiger partial charge in [-0.3, -0.25) is 9.59 Å². The van der Waals surface area contributed by atoms with E-state index in [0.717, 1.165) is 40.6 Å². The van der Waals surface area contributed by atoms with E-state index in [0.29, 0.717) is 6.54 Å². The maximum absolute atomic E-state index is 12.1. The molecule has 3 aromatic rings. The Balaban J connectivity index is 1.47. The van der Waals surface area contributed by atoms with Crippen molar-refractivity contribution in [3.63, 3.8) is 0 Å². The van der Waals surface area contributed by atoms with Crippen LogP contribution in [0.1, 0.15) is 24.5 Å². The van der Waals surface area contributed by atoms with E-state index < -0.39 is 0 Å². The van der Waals surface area contributed by atoms with E-state index in [2.05, 4.69) is 21.7 Å². The first-order valence-electron chi connectivity index (χ1n) is 8.87. The van der Waals surface area contributed by atoms with Gasteiger partial charge in [0.2, 0.25) is 11.8 Å². The number of carbonyl (C=O) groups is 2. The Bertz CT molecular complexity index is 914. The predicted molar refractivity (Wildman–Crippen MR) is 104 cm³/mol. The molecular weight excluding hydrogens is 326 g/mol. The minimum absolute atomic E-state index is 0.175. The summed E-state index contributed by atoms with van der Waals surface area (Å²) in [5.41, 5.74) is 4.07. The van der Waals surface area contributed by atoms with Crippen molar-refractivity contribution in [3.8, 4) is 0 Å². The van der Waals surface area contributed by atoms with Crippen LogP contribution in [-0.2, 0) is 22.4 Å². The average Bonchev–Trinajstić information content (AvgIpc) is 3.05. The van der Waals surface area contributed by atoms with E-state index >= 15 is 0 Å². The van der Waals surface area contributed by atoms with Crippen molar-refractivity contribution >= 4 is 28.4 Å². The number of rotatable bonds is 7. The van der Waals surface area contributed by atoms with Gasteiger partial charge in [0.05, 0.1) is 0 Å². The first-order valence-corrected chi connectivity index (χ1v) is 8.87. The molecule has 0 bridgehead atoms. The molecule has 0 radical (unpaired) electrons. The SMILES string of the molecule is CCc1ccccc1NC(=O)CC(=O)NCCc1c[nH]c2ccccc12. The van der Waals surface area contributed by atoms with Crippen LogP contribution >= 0.6 is 0 Å². The highest BCUT2D eigenvalue weighted by molar-refractivity contribution is 6.03. The fourth-order valence-electron chi connectivity index (χ4n) is 3.03. The number of benzene rings is 2. The molecule has 0 saturated carbocycles. The number of carbonyl (C=O) groups excluding carboxylic acids is 2. The van der Waals surface area contributed by atoms with Crippen molar-refractivity contribution in [2.24, 2.45) is 0 Å². The lowest BCUT2D eigenvalue weighted by Gasteiger charge is -2.10. The molecule has 0 aliphatic carbocycles. The van der Waals surface area contributed by atoms with Crippen molar-refractivity contribution in [1.82, 2.24) is 10.3 Å². The maximum Gasteiger partial charge on any atom is 0.233 e. The minimum atomic E-state index is -0.296. The molecule has 2 amide bonds. The van der Waals surface area contributed by atoms with E-state index in [1.165, 1.54) is 0 Å². The third-order valence-electron chi connectivity index (χ3n) is 4.38. The van der Waals surface area contributed by atoms with Gasteiger partial charge in [-0.25, -0.2) is 0 Å². The molecular formula is C21H23N3O2. The van der Waals surface area contributed by atoms with Crippen molar-refractivity contribution in [2.45, 2.75) is 26.2 Å². The molecule has 5 nitrogen and oxygen atoms in total. The van der Waals surface area contributed by atoms with Gasteiger partial charge in [0.1, 0.15) is 6.42 Å². The third kappa shape index (κ3) is 4.30. The summed E-state index contributed by atoms with van der Waals surface area (Å²) in [6.07, 6.45) is 3.33. The monoisotopic (exact) mass is 349 g/mol. The number of amides is 2. The number of anilines is 1. The highest BCUT2D eigenvalue weighted by Crippen LogP contribution is 2.18. The molecule has 5 heteroatoms. The van der Waals surface area contributed by atoms with Crippen LogP contribution in [0, 0.1) is 0 Å². The largest absolute Gasteiger partial charge is 0.361 e. The number of aromatic nitrogens is 1. The van der Waals surface area contributed by atoms with Gasteiger partial charge in [-0.1, -0.05) is 43.3 Å². The van der Waals surface area contributed by atoms with Crippen LogP contribution in [-0.4, -0.2) is 23.3 Å². The standard InChI is InChI=1S/C21H23N3O2/c1-2-15-7-3-5-9-18(15)24-21(26)13-20(25)22-12-11-16-14-23-19-10-6-4-8-17(16)19/h3-10,14,23H,2,11-13H2,1H3,(H,22,25)(H,24,26). The van der Waals surface area contributed by atoms with Gasteiger partial charge in [-0.05, 0) is 36.1 Å². The van der Waals surface area contributed by atoms with Gasteiger partial charge in [-0.2, -0.15) is 0 Å². The zero-order chi connectivity index (χ0) is 18.4. The highest BCUT2D eigenvalue weighted by Gasteiger charge is 2.11. The summed E-state index contributed by atoms with van der Waals surface area (Å²) in [6, 6.07) is 15.7. The smallest absolute Gasteiger partial charge is 0.233 e. The van der Waals surface area contributed by atoms with Crippen LogP contribution in [0.3, 0.4) is 0 Å². The first-order chi connectivity index (χ1) is 12.7. The van der Waals surface area contributed by atoms with Crippen LogP contribution in [0.15, 0.2) is 54.7 Å². The quantitative estimate of drug-likeness (QED) is 0.572. The lowest BCUT2D eigenvalue weighted by molar-refractivity contribution is -0.126. The van der Waals surface area contributed by atoms with Crippen LogP contribution in [0.4, 0.5) is 5.69 Å². The second kappa shape index (κ2) is 8.34. The lowest BCUT2D eigenvalue weighted by atomic mass is 10.1. The number of hydrogen-bond acceptors (Lipinski definition) is 2. The van der Waals surface area contributed by atoms with Crippen LogP contribution in [0.5, 0.6) is 0 Å². The fourth-order valence-corrected chi connectivity index (χ4v) is 3.03. The predicted octanol–water partition coefficient (Wildman–Crippen LogP) is 3.42. The van der Waals surface area contributed by atoms with Crippen molar-refractivity contribution < 1.29 is 9.59 Å². The van der Waals surface area contributed by atoms with Gasteiger partial charge in [0.15, 0.2) is 0 Å². The summed E-state index contributed by atoms with van der Waals surface area (Å²) in [7, 11) is 0. The topological polar surface area (TPSA) is 74.0 Å². The second-order valence-corrected chi connectivity index (χ2v) is 6.20. The minimum Gasteiger partial charge on any atom is -0.361 e. The van der Waals surface area contributed by atoms with Gasteiger partial charge >= 0.3 is 0 Å². The Hall–Kier alpha value is -3.08. The summed E-state index contributed by atoms with van der Waals surface area (Å²) in [5.74, 6) is -0.563. The summed E-state index contributed by atoms with van der Waals surface area (Å²) in [5, 5.41) is 6.80. The van der Waals surface area contributed by atoms with Crippen LogP contribution < -0.4 is 10.6 Å². The second-order valence-electron chi connectivity index (χ2n) is 6.20. The Morgan fingerprint density at radius 1 is 0.962 bits per heavy atom. The van der Waals surface area contributed by atoms with E-state index in [1.807, 2.05) is 55.6 Å². The summed E-state index contributed by atoms with van der Waals surface area (Å²) in [6.45, 7) is 2.53. The van der Waals surface area contributed by atoms with Gasteiger partial charge in [0, 0.05) is 29.3 Å². The Labute approximate surface area is 152 Å². The van der Waals surface area contributed by atoms with Crippen molar-refractivity contribution in [3.05, 3.63) is 65.9 Å². The van der Waals surface area contributed by atoms with Crippen molar-refractivity contribution in [1.29, 1.82) is 0 Å². The average molecular weight is 349 g/mol. The normalized spacial score (nSPS) is 10.7. The summed E-state index contributed by atoms with van der Waals surface area (Å²) in [4.78, 5) is 27.3. The molecule has 3 rings (SSSR count). The van der Waals surface area contributed by atoms with Crippen LogP contribution in [0.25, 0.3) is 10.9 Å². The zero-order valence-electron chi connectivity index (χ0n) is 14.8. The number of H-pyrrole nitrogens is 1. The maximum atomic E-state index is 12.1. The molecule has 1 aromatic heterocycles. The third-order valence-corrected chi connectivity index (χ3v) is 4.38. The molecule has 1 heterocycles.